The first-order valence-corrected chi connectivity index (χ1v) is 12.5. The fourth-order valence-corrected chi connectivity index (χ4v) is 3.70. The summed E-state index contributed by atoms with van der Waals surface area (Å²) in [5.41, 5.74) is 9.06. The van der Waals surface area contributed by atoms with Gasteiger partial charge in [-0.15, -0.1) is 0 Å². The summed E-state index contributed by atoms with van der Waals surface area (Å²) in [5.74, 6) is 1.59. The SMILES string of the molecule is CC(C)C.Cc1nccc(-c2c(Cc3ccc(C)c(C)c3)nc3cc(CNC(C)(C)C)ccn23)n1. The molecule has 4 rings (SSSR count). The van der Waals surface area contributed by atoms with Crippen molar-refractivity contribution >= 4 is 5.65 Å². The van der Waals surface area contributed by atoms with E-state index in [1.807, 2.05) is 19.2 Å². The number of aryl methyl sites for hydroxylation is 3. The van der Waals surface area contributed by atoms with Crippen LogP contribution >= 0.6 is 0 Å². The van der Waals surface area contributed by atoms with Crippen molar-refractivity contribution in [3.8, 4) is 11.4 Å². The monoisotopic (exact) mass is 471 g/mol. The van der Waals surface area contributed by atoms with Crippen molar-refractivity contribution in [3.63, 3.8) is 0 Å². The molecular weight excluding hydrogens is 430 g/mol. The van der Waals surface area contributed by atoms with E-state index in [1.54, 1.807) is 0 Å². The van der Waals surface area contributed by atoms with Crippen LogP contribution in [0.15, 0.2) is 48.8 Å². The molecule has 0 spiro atoms. The Morgan fingerprint density at radius 3 is 2.23 bits per heavy atom. The van der Waals surface area contributed by atoms with Gasteiger partial charge in [0.2, 0.25) is 0 Å². The van der Waals surface area contributed by atoms with Gasteiger partial charge in [0, 0.05) is 30.9 Å². The van der Waals surface area contributed by atoms with E-state index in [0.29, 0.717) is 0 Å². The number of aromatic nitrogens is 4. The zero-order chi connectivity index (χ0) is 25.8. The maximum absolute atomic E-state index is 5.05. The van der Waals surface area contributed by atoms with Crippen LogP contribution in [0.1, 0.15) is 75.3 Å². The number of pyridine rings is 1. The molecule has 0 fully saturated rings. The molecule has 5 nitrogen and oxygen atoms in total. The number of fused-ring (bicyclic) bond motifs is 1. The molecule has 3 aromatic heterocycles. The summed E-state index contributed by atoms with van der Waals surface area (Å²) in [6.07, 6.45) is 4.69. The highest BCUT2D eigenvalue weighted by Gasteiger charge is 2.17. The van der Waals surface area contributed by atoms with Gasteiger partial charge in [-0.25, -0.2) is 15.0 Å². The van der Waals surface area contributed by atoms with Crippen LogP contribution in [0.5, 0.6) is 0 Å². The topological polar surface area (TPSA) is 55.1 Å². The average molecular weight is 472 g/mol. The number of imidazole rings is 1. The maximum Gasteiger partial charge on any atom is 0.137 e. The van der Waals surface area contributed by atoms with E-state index in [2.05, 4.69) is 107 Å². The number of rotatable bonds is 5. The summed E-state index contributed by atoms with van der Waals surface area (Å²) >= 11 is 0. The molecule has 0 saturated carbocycles. The van der Waals surface area contributed by atoms with E-state index < -0.39 is 0 Å². The fourth-order valence-electron chi connectivity index (χ4n) is 3.70. The van der Waals surface area contributed by atoms with Crippen molar-refractivity contribution in [2.75, 3.05) is 0 Å². The van der Waals surface area contributed by atoms with Crippen molar-refractivity contribution in [2.24, 2.45) is 5.92 Å². The molecule has 3 heterocycles. The molecule has 0 aliphatic heterocycles. The lowest BCUT2D eigenvalue weighted by molar-refractivity contribution is 0.424. The van der Waals surface area contributed by atoms with Crippen LogP contribution in [0.4, 0.5) is 0 Å². The van der Waals surface area contributed by atoms with Crippen molar-refractivity contribution in [1.29, 1.82) is 0 Å². The van der Waals surface area contributed by atoms with Gasteiger partial charge in [0.05, 0.1) is 17.1 Å². The minimum Gasteiger partial charge on any atom is -0.308 e. The highest BCUT2D eigenvalue weighted by molar-refractivity contribution is 5.65. The zero-order valence-corrected chi connectivity index (χ0v) is 22.9. The van der Waals surface area contributed by atoms with E-state index in [9.17, 15) is 0 Å². The first kappa shape index (κ1) is 26.6. The van der Waals surface area contributed by atoms with E-state index in [-0.39, 0.29) is 5.54 Å². The number of benzene rings is 1. The zero-order valence-electron chi connectivity index (χ0n) is 22.9. The minimum absolute atomic E-state index is 0.0691. The van der Waals surface area contributed by atoms with Gasteiger partial charge in [-0.2, -0.15) is 0 Å². The maximum atomic E-state index is 5.05. The summed E-state index contributed by atoms with van der Waals surface area (Å²) in [4.78, 5) is 14.0. The lowest BCUT2D eigenvalue weighted by Gasteiger charge is -2.20. The Bertz CT molecular complexity index is 1280. The van der Waals surface area contributed by atoms with Crippen LogP contribution in [0.25, 0.3) is 17.0 Å². The van der Waals surface area contributed by atoms with Gasteiger partial charge in [0.25, 0.3) is 0 Å². The second kappa shape index (κ2) is 11.1. The van der Waals surface area contributed by atoms with Gasteiger partial charge in [-0.05, 0) is 87.9 Å². The van der Waals surface area contributed by atoms with Crippen LogP contribution in [-0.4, -0.2) is 24.9 Å². The molecule has 0 aliphatic rings. The number of nitrogens with one attached hydrogen (secondary N) is 1. The molecule has 0 radical (unpaired) electrons. The molecule has 0 atom stereocenters. The number of nitrogens with zero attached hydrogens (tertiary/aromatic N) is 4. The number of hydrogen-bond donors (Lipinski definition) is 1. The van der Waals surface area contributed by atoms with E-state index in [0.717, 1.165) is 47.4 Å². The van der Waals surface area contributed by atoms with Crippen LogP contribution in [0.2, 0.25) is 0 Å². The standard InChI is InChI=1S/C26H31N5.C4H10/c1-17-7-8-20(13-18(17)2)14-23-25(22-9-11-27-19(3)29-22)31-12-10-21(15-24(31)30-23)16-28-26(4,5)6;1-4(2)3/h7-13,15,28H,14,16H2,1-6H3;4H,1-3H3. The van der Waals surface area contributed by atoms with E-state index in [1.165, 1.54) is 22.3 Å². The smallest absolute Gasteiger partial charge is 0.137 e. The summed E-state index contributed by atoms with van der Waals surface area (Å²) in [5, 5.41) is 3.56. The first-order chi connectivity index (χ1) is 16.4. The Hall–Kier alpha value is -3.05. The molecule has 0 amide bonds. The quantitative estimate of drug-likeness (QED) is 0.345. The van der Waals surface area contributed by atoms with Crippen LogP contribution in [-0.2, 0) is 13.0 Å². The van der Waals surface area contributed by atoms with Crippen LogP contribution in [0, 0.1) is 26.7 Å². The molecule has 0 saturated heterocycles. The summed E-state index contributed by atoms with van der Waals surface area (Å²) in [6.45, 7) is 20.1. The molecule has 0 unspecified atom stereocenters. The molecule has 1 N–H and O–H groups in total. The summed E-state index contributed by atoms with van der Waals surface area (Å²) in [7, 11) is 0. The van der Waals surface area contributed by atoms with Gasteiger partial charge in [-0.1, -0.05) is 39.0 Å². The Kier molecular flexibility index (Phi) is 8.44. The largest absolute Gasteiger partial charge is 0.308 e. The Labute approximate surface area is 211 Å². The second-order valence-corrected chi connectivity index (χ2v) is 11.1. The third-order valence-corrected chi connectivity index (χ3v) is 5.55. The molecule has 186 valence electrons. The lowest BCUT2D eigenvalue weighted by atomic mass is 10.0. The predicted molar refractivity (Wildman–Crippen MR) is 147 cm³/mol. The molecule has 1 aromatic carbocycles. The highest BCUT2D eigenvalue weighted by Crippen LogP contribution is 2.27. The summed E-state index contributed by atoms with van der Waals surface area (Å²) < 4.78 is 2.15. The normalized spacial score (nSPS) is 11.6. The van der Waals surface area contributed by atoms with Gasteiger partial charge >= 0.3 is 0 Å². The van der Waals surface area contributed by atoms with E-state index >= 15 is 0 Å². The van der Waals surface area contributed by atoms with Gasteiger partial charge in [0.1, 0.15) is 11.5 Å². The minimum atomic E-state index is 0.0691. The molecule has 35 heavy (non-hydrogen) atoms. The molecule has 0 aliphatic carbocycles. The first-order valence-electron chi connectivity index (χ1n) is 12.5. The third-order valence-electron chi connectivity index (χ3n) is 5.55. The predicted octanol–water partition coefficient (Wildman–Crippen LogP) is 6.86. The Morgan fingerprint density at radius 2 is 1.60 bits per heavy atom. The third kappa shape index (κ3) is 7.46. The molecule has 0 bridgehead atoms. The van der Waals surface area contributed by atoms with Gasteiger partial charge in [0.15, 0.2) is 0 Å². The fraction of sp³-hybridized carbons (Fsp3) is 0.433. The number of hydrogen-bond acceptors (Lipinski definition) is 4. The van der Waals surface area contributed by atoms with Crippen LogP contribution < -0.4 is 5.32 Å². The lowest BCUT2D eigenvalue weighted by Crippen LogP contribution is -2.35. The van der Waals surface area contributed by atoms with Crippen molar-refractivity contribution < 1.29 is 0 Å². The van der Waals surface area contributed by atoms with E-state index in [4.69, 9.17) is 9.97 Å². The Balaban J connectivity index is 0.000000795. The molecule has 5 heteroatoms. The van der Waals surface area contributed by atoms with Gasteiger partial charge < -0.3 is 5.32 Å². The molecule has 4 aromatic rings. The highest BCUT2D eigenvalue weighted by atomic mass is 15.0. The van der Waals surface area contributed by atoms with Crippen molar-refractivity contribution in [2.45, 2.75) is 80.8 Å². The van der Waals surface area contributed by atoms with Crippen molar-refractivity contribution in [1.82, 2.24) is 24.7 Å². The Morgan fingerprint density at radius 1 is 0.886 bits per heavy atom. The summed E-state index contributed by atoms with van der Waals surface area (Å²) in [6, 6.07) is 12.9. The molecular formula is C30H41N5. The second-order valence-electron chi connectivity index (χ2n) is 11.1. The average Bonchev–Trinajstić information content (AvgIpc) is 3.11. The van der Waals surface area contributed by atoms with Crippen LogP contribution in [0.3, 0.4) is 0 Å². The van der Waals surface area contributed by atoms with Gasteiger partial charge in [-0.3, -0.25) is 4.40 Å². The van der Waals surface area contributed by atoms with Crippen molar-refractivity contribution in [3.05, 3.63) is 82.6 Å².